The smallest absolute Gasteiger partial charge is 0.306 e. The van der Waals surface area contributed by atoms with Crippen molar-refractivity contribution < 1.29 is 14.6 Å². The highest BCUT2D eigenvalue weighted by Gasteiger charge is 2.33. The van der Waals surface area contributed by atoms with Crippen molar-refractivity contribution in [3.8, 4) is 0 Å². The second-order valence-corrected chi connectivity index (χ2v) is 4.78. The standard InChI is InChI=1S/C10H18O3/c1-7(9(11)12)4-8-5-10(2,3)6-13-8/h7-8H,4-6H2,1-3H3,(H,11,12)/t7-,8?/m1/s1. The van der Waals surface area contributed by atoms with Gasteiger partial charge < -0.3 is 9.84 Å². The van der Waals surface area contributed by atoms with E-state index >= 15 is 0 Å². The molecule has 0 aliphatic carbocycles. The first-order chi connectivity index (χ1) is 5.91. The van der Waals surface area contributed by atoms with Crippen LogP contribution >= 0.6 is 0 Å². The van der Waals surface area contributed by atoms with Gasteiger partial charge >= 0.3 is 5.97 Å². The van der Waals surface area contributed by atoms with Crippen molar-refractivity contribution in [1.82, 2.24) is 0 Å². The van der Waals surface area contributed by atoms with E-state index in [-0.39, 0.29) is 17.4 Å². The van der Waals surface area contributed by atoms with Crippen molar-refractivity contribution in [2.24, 2.45) is 11.3 Å². The van der Waals surface area contributed by atoms with E-state index in [1.807, 2.05) is 0 Å². The van der Waals surface area contributed by atoms with Gasteiger partial charge in [-0.2, -0.15) is 0 Å². The van der Waals surface area contributed by atoms with E-state index in [0.717, 1.165) is 13.0 Å². The topological polar surface area (TPSA) is 46.5 Å². The average Bonchev–Trinajstić information content (AvgIpc) is 2.30. The molecule has 0 aromatic heterocycles. The highest BCUT2D eigenvalue weighted by Crippen LogP contribution is 2.33. The Morgan fingerprint density at radius 1 is 1.69 bits per heavy atom. The maximum atomic E-state index is 10.6. The van der Waals surface area contributed by atoms with Gasteiger partial charge in [0.15, 0.2) is 0 Å². The van der Waals surface area contributed by atoms with Crippen molar-refractivity contribution in [3.63, 3.8) is 0 Å². The molecule has 0 aromatic carbocycles. The molecule has 76 valence electrons. The molecule has 0 saturated carbocycles. The van der Waals surface area contributed by atoms with Crippen LogP contribution in [-0.4, -0.2) is 23.8 Å². The zero-order valence-corrected chi connectivity index (χ0v) is 8.54. The number of ether oxygens (including phenoxy) is 1. The highest BCUT2D eigenvalue weighted by atomic mass is 16.5. The van der Waals surface area contributed by atoms with Gasteiger partial charge in [-0.25, -0.2) is 0 Å². The molecule has 3 nitrogen and oxygen atoms in total. The molecule has 1 saturated heterocycles. The largest absolute Gasteiger partial charge is 0.481 e. The first-order valence-electron chi connectivity index (χ1n) is 4.75. The number of rotatable bonds is 3. The molecule has 1 heterocycles. The van der Waals surface area contributed by atoms with Crippen molar-refractivity contribution >= 4 is 5.97 Å². The van der Waals surface area contributed by atoms with Gasteiger partial charge in [-0.3, -0.25) is 4.79 Å². The van der Waals surface area contributed by atoms with Crippen LogP contribution in [0.25, 0.3) is 0 Å². The number of aliphatic carboxylic acids is 1. The normalized spacial score (nSPS) is 28.7. The van der Waals surface area contributed by atoms with E-state index in [0.29, 0.717) is 6.42 Å². The summed E-state index contributed by atoms with van der Waals surface area (Å²) >= 11 is 0. The van der Waals surface area contributed by atoms with Gasteiger partial charge in [0.25, 0.3) is 0 Å². The van der Waals surface area contributed by atoms with E-state index in [1.165, 1.54) is 0 Å². The Bertz CT molecular complexity index is 198. The molecular weight excluding hydrogens is 168 g/mol. The molecule has 2 atom stereocenters. The van der Waals surface area contributed by atoms with E-state index < -0.39 is 5.97 Å². The third-order valence-electron chi connectivity index (χ3n) is 2.53. The summed E-state index contributed by atoms with van der Waals surface area (Å²) in [5, 5.41) is 8.72. The second kappa shape index (κ2) is 3.66. The van der Waals surface area contributed by atoms with Gasteiger partial charge in [-0.1, -0.05) is 20.8 Å². The molecule has 0 aromatic rings. The average molecular weight is 186 g/mol. The number of hydrogen-bond acceptors (Lipinski definition) is 2. The minimum Gasteiger partial charge on any atom is -0.481 e. The van der Waals surface area contributed by atoms with Gasteiger partial charge in [-0.15, -0.1) is 0 Å². The highest BCUT2D eigenvalue weighted by molar-refractivity contribution is 5.69. The predicted octanol–water partition coefficient (Wildman–Crippen LogP) is 1.91. The SMILES string of the molecule is C[C@H](CC1CC(C)(C)CO1)C(=O)O. The number of carboxylic acid groups (broad SMARTS) is 1. The second-order valence-electron chi connectivity index (χ2n) is 4.78. The van der Waals surface area contributed by atoms with Gasteiger partial charge in [0.1, 0.15) is 0 Å². The lowest BCUT2D eigenvalue weighted by Crippen LogP contribution is -2.18. The van der Waals surface area contributed by atoms with Crippen LogP contribution in [0.1, 0.15) is 33.6 Å². The summed E-state index contributed by atoms with van der Waals surface area (Å²) in [6.07, 6.45) is 1.75. The maximum Gasteiger partial charge on any atom is 0.306 e. The van der Waals surface area contributed by atoms with E-state index in [2.05, 4.69) is 13.8 Å². The molecule has 13 heavy (non-hydrogen) atoms. The summed E-state index contributed by atoms with van der Waals surface area (Å²) in [6.45, 7) is 6.79. The van der Waals surface area contributed by atoms with E-state index in [1.54, 1.807) is 6.92 Å². The molecule has 0 bridgehead atoms. The van der Waals surface area contributed by atoms with Crippen molar-refractivity contribution in [3.05, 3.63) is 0 Å². The van der Waals surface area contributed by atoms with Crippen molar-refractivity contribution in [2.75, 3.05) is 6.61 Å². The van der Waals surface area contributed by atoms with Crippen LogP contribution in [0.2, 0.25) is 0 Å². The number of carbonyl (C=O) groups is 1. The first-order valence-corrected chi connectivity index (χ1v) is 4.75. The summed E-state index contributed by atoms with van der Waals surface area (Å²) in [6, 6.07) is 0. The molecule has 1 fully saturated rings. The van der Waals surface area contributed by atoms with E-state index in [9.17, 15) is 4.79 Å². The molecule has 0 radical (unpaired) electrons. The van der Waals surface area contributed by atoms with Crippen molar-refractivity contribution in [1.29, 1.82) is 0 Å². The molecule has 1 aliphatic heterocycles. The summed E-state index contributed by atoms with van der Waals surface area (Å²) in [4.78, 5) is 10.6. The summed E-state index contributed by atoms with van der Waals surface area (Å²) in [5.74, 6) is -1.02. The van der Waals surface area contributed by atoms with Crippen LogP contribution in [0.15, 0.2) is 0 Å². The Hall–Kier alpha value is -0.570. The minimum atomic E-state index is -0.728. The molecule has 0 spiro atoms. The monoisotopic (exact) mass is 186 g/mol. The summed E-state index contributed by atoms with van der Waals surface area (Å²) < 4.78 is 5.53. The molecule has 3 heteroatoms. The van der Waals surface area contributed by atoms with Crippen LogP contribution in [0.5, 0.6) is 0 Å². The number of hydrogen-bond donors (Lipinski definition) is 1. The first kappa shape index (κ1) is 10.5. The zero-order valence-electron chi connectivity index (χ0n) is 8.54. The van der Waals surface area contributed by atoms with Crippen LogP contribution in [0, 0.1) is 11.3 Å². The molecule has 1 unspecified atom stereocenters. The molecular formula is C10H18O3. The molecule has 1 N–H and O–H groups in total. The quantitative estimate of drug-likeness (QED) is 0.732. The van der Waals surface area contributed by atoms with Gasteiger partial charge in [0, 0.05) is 0 Å². The molecule has 1 rings (SSSR count). The predicted molar refractivity (Wildman–Crippen MR) is 49.6 cm³/mol. The fourth-order valence-corrected chi connectivity index (χ4v) is 1.72. The Labute approximate surface area is 79.1 Å². The van der Waals surface area contributed by atoms with Crippen LogP contribution in [0.4, 0.5) is 0 Å². The Morgan fingerprint density at radius 3 is 2.69 bits per heavy atom. The Kier molecular flexibility index (Phi) is 2.96. The minimum absolute atomic E-state index is 0.140. The zero-order chi connectivity index (χ0) is 10.1. The molecule has 1 aliphatic rings. The molecule has 0 amide bonds. The third kappa shape index (κ3) is 2.99. The summed E-state index contributed by atoms with van der Waals surface area (Å²) in [7, 11) is 0. The van der Waals surface area contributed by atoms with Crippen LogP contribution in [-0.2, 0) is 9.53 Å². The lowest BCUT2D eigenvalue weighted by atomic mass is 9.88. The number of carboxylic acids is 1. The lowest BCUT2D eigenvalue weighted by molar-refractivity contribution is -0.142. The lowest BCUT2D eigenvalue weighted by Gasteiger charge is -2.15. The van der Waals surface area contributed by atoms with Gasteiger partial charge in [-0.05, 0) is 18.3 Å². The third-order valence-corrected chi connectivity index (χ3v) is 2.53. The van der Waals surface area contributed by atoms with Gasteiger partial charge in [0.2, 0.25) is 0 Å². The van der Waals surface area contributed by atoms with E-state index in [4.69, 9.17) is 9.84 Å². The van der Waals surface area contributed by atoms with Crippen LogP contribution in [0.3, 0.4) is 0 Å². The van der Waals surface area contributed by atoms with Crippen molar-refractivity contribution in [2.45, 2.75) is 39.7 Å². The fraction of sp³-hybridized carbons (Fsp3) is 0.900. The Morgan fingerprint density at radius 2 is 2.31 bits per heavy atom. The maximum absolute atomic E-state index is 10.6. The fourth-order valence-electron chi connectivity index (χ4n) is 1.72. The Balaban J connectivity index is 2.36. The van der Waals surface area contributed by atoms with Gasteiger partial charge in [0.05, 0.1) is 18.6 Å². The van der Waals surface area contributed by atoms with Crippen LogP contribution < -0.4 is 0 Å². The summed E-state index contributed by atoms with van der Waals surface area (Å²) in [5.41, 5.74) is 0.225.